The van der Waals surface area contributed by atoms with Crippen LogP contribution in [0.1, 0.15) is 31.4 Å². The van der Waals surface area contributed by atoms with E-state index in [-0.39, 0.29) is 0 Å². The maximum absolute atomic E-state index is 5.81. The monoisotopic (exact) mass is 274 g/mol. The fourth-order valence-corrected chi connectivity index (χ4v) is 3.47. The molecule has 4 nitrogen and oxygen atoms in total. The molecule has 1 aromatic heterocycles. The smallest absolute Gasteiger partial charge is 0.0564 e. The number of piperidine rings is 1. The van der Waals surface area contributed by atoms with Crippen LogP contribution in [0.3, 0.4) is 0 Å². The topological polar surface area (TPSA) is 45.4 Å². The Balaban J connectivity index is 1.43. The molecule has 2 N–H and O–H groups in total. The first-order valence-corrected chi connectivity index (χ1v) is 7.95. The first-order valence-electron chi connectivity index (χ1n) is 7.95. The minimum Gasteiger partial charge on any atom is -0.399 e. The van der Waals surface area contributed by atoms with E-state index in [1.54, 1.807) is 0 Å². The molecular weight excluding hydrogens is 248 g/mol. The van der Waals surface area contributed by atoms with E-state index >= 15 is 0 Å². The summed E-state index contributed by atoms with van der Waals surface area (Å²) >= 11 is 0. The number of likely N-dealkylation sites (tertiary alicyclic amines) is 2. The SMILES string of the molecule is Nc1ccnc(CN2CCC(CN3CCCC3)CC2)c1. The molecule has 20 heavy (non-hydrogen) atoms. The molecule has 2 fully saturated rings. The van der Waals surface area contributed by atoms with Gasteiger partial charge in [0, 0.05) is 25.0 Å². The van der Waals surface area contributed by atoms with Gasteiger partial charge in [0.1, 0.15) is 0 Å². The Labute approximate surface area is 122 Å². The van der Waals surface area contributed by atoms with Crippen molar-refractivity contribution in [3.8, 4) is 0 Å². The number of nitrogen functional groups attached to an aromatic ring is 1. The first-order chi connectivity index (χ1) is 9.79. The van der Waals surface area contributed by atoms with Gasteiger partial charge >= 0.3 is 0 Å². The highest BCUT2D eigenvalue weighted by molar-refractivity contribution is 5.37. The van der Waals surface area contributed by atoms with Gasteiger partial charge < -0.3 is 10.6 Å². The highest BCUT2D eigenvalue weighted by Crippen LogP contribution is 2.21. The molecule has 110 valence electrons. The molecule has 3 heterocycles. The van der Waals surface area contributed by atoms with E-state index in [1.807, 2.05) is 18.3 Å². The van der Waals surface area contributed by atoms with Crippen molar-refractivity contribution < 1.29 is 0 Å². The Hall–Kier alpha value is -1.13. The zero-order chi connectivity index (χ0) is 13.8. The van der Waals surface area contributed by atoms with E-state index in [0.717, 1.165) is 23.8 Å². The molecule has 0 bridgehead atoms. The molecule has 4 heteroatoms. The molecule has 0 saturated carbocycles. The summed E-state index contributed by atoms with van der Waals surface area (Å²) < 4.78 is 0. The fraction of sp³-hybridized carbons (Fsp3) is 0.688. The number of pyridine rings is 1. The van der Waals surface area contributed by atoms with Gasteiger partial charge in [-0.25, -0.2) is 0 Å². The number of rotatable bonds is 4. The van der Waals surface area contributed by atoms with Gasteiger partial charge in [0.15, 0.2) is 0 Å². The van der Waals surface area contributed by atoms with Gasteiger partial charge in [0.05, 0.1) is 5.69 Å². The molecule has 3 rings (SSSR count). The molecule has 2 aliphatic rings. The Morgan fingerprint density at radius 1 is 1.10 bits per heavy atom. The lowest BCUT2D eigenvalue weighted by atomic mass is 9.96. The third-order valence-electron chi connectivity index (χ3n) is 4.65. The standard InChI is InChI=1S/C16H26N4/c17-15-3-6-18-16(11-15)13-20-9-4-14(5-10-20)12-19-7-1-2-8-19/h3,6,11,14H,1-2,4-5,7-10,12-13H2,(H2,17,18). The summed E-state index contributed by atoms with van der Waals surface area (Å²) in [5.74, 6) is 0.901. The molecular formula is C16H26N4. The van der Waals surface area contributed by atoms with Crippen LogP contribution in [0.4, 0.5) is 5.69 Å². The van der Waals surface area contributed by atoms with E-state index in [1.165, 1.54) is 58.4 Å². The van der Waals surface area contributed by atoms with E-state index in [2.05, 4.69) is 14.8 Å². The van der Waals surface area contributed by atoms with Crippen molar-refractivity contribution in [3.63, 3.8) is 0 Å². The van der Waals surface area contributed by atoms with Crippen molar-refractivity contribution in [2.75, 3.05) is 38.5 Å². The second-order valence-corrected chi connectivity index (χ2v) is 6.31. The van der Waals surface area contributed by atoms with Crippen LogP contribution in [0.25, 0.3) is 0 Å². The van der Waals surface area contributed by atoms with Crippen molar-refractivity contribution in [2.24, 2.45) is 5.92 Å². The molecule has 0 spiro atoms. The molecule has 1 aromatic rings. The summed E-state index contributed by atoms with van der Waals surface area (Å²) in [7, 11) is 0. The minimum atomic E-state index is 0.818. The number of nitrogens with two attached hydrogens (primary N) is 1. The van der Waals surface area contributed by atoms with Crippen molar-refractivity contribution in [3.05, 3.63) is 24.0 Å². The van der Waals surface area contributed by atoms with Crippen LogP contribution >= 0.6 is 0 Å². The van der Waals surface area contributed by atoms with Crippen LogP contribution in [0.2, 0.25) is 0 Å². The number of nitrogens with zero attached hydrogens (tertiary/aromatic N) is 3. The number of hydrogen-bond donors (Lipinski definition) is 1. The van der Waals surface area contributed by atoms with Crippen LogP contribution < -0.4 is 5.73 Å². The van der Waals surface area contributed by atoms with Gasteiger partial charge in [-0.2, -0.15) is 0 Å². The predicted molar refractivity (Wildman–Crippen MR) is 82.3 cm³/mol. The van der Waals surface area contributed by atoms with Gasteiger partial charge in [-0.15, -0.1) is 0 Å². The molecule has 2 aliphatic heterocycles. The second kappa shape index (κ2) is 6.55. The van der Waals surface area contributed by atoms with Crippen LogP contribution in [-0.2, 0) is 6.54 Å². The van der Waals surface area contributed by atoms with E-state index in [9.17, 15) is 0 Å². The fourth-order valence-electron chi connectivity index (χ4n) is 3.47. The molecule has 0 atom stereocenters. The molecule has 0 amide bonds. The summed E-state index contributed by atoms with van der Waals surface area (Å²) in [6, 6.07) is 3.85. The van der Waals surface area contributed by atoms with E-state index in [4.69, 9.17) is 5.73 Å². The highest BCUT2D eigenvalue weighted by atomic mass is 15.2. The lowest BCUT2D eigenvalue weighted by Gasteiger charge is -2.33. The van der Waals surface area contributed by atoms with Crippen molar-refractivity contribution >= 4 is 5.69 Å². The second-order valence-electron chi connectivity index (χ2n) is 6.31. The molecule has 2 saturated heterocycles. The van der Waals surface area contributed by atoms with Gasteiger partial charge in [0.25, 0.3) is 0 Å². The molecule has 0 radical (unpaired) electrons. The Kier molecular flexibility index (Phi) is 4.53. The summed E-state index contributed by atoms with van der Waals surface area (Å²) in [4.78, 5) is 9.57. The van der Waals surface area contributed by atoms with Gasteiger partial charge in [-0.3, -0.25) is 9.88 Å². The largest absolute Gasteiger partial charge is 0.399 e. The average molecular weight is 274 g/mol. The lowest BCUT2D eigenvalue weighted by molar-refractivity contribution is 0.148. The van der Waals surface area contributed by atoms with Gasteiger partial charge in [0.2, 0.25) is 0 Å². The van der Waals surface area contributed by atoms with Crippen LogP contribution in [0.15, 0.2) is 18.3 Å². The maximum Gasteiger partial charge on any atom is 0.0564 e. The number of aromatic nitrogens is 1. The summed E-state index contributed by atoms with van der Waals surface area (Å²) in [6.45, 7) is 7.33. The van der Waals surface area contributed by atoms with Crippen molar-refractivity contribution in [1.29, 1.82) is 0 Å². The molecule has 0 unspecified atom stereocenters. The van der Waals surface area contributed by atoms with E-state index in [0.29, 0.717) is 0 Å². The van der Waals surface area contributed by atoms with Gasteiger partial charge in [-0.05, 0) is 69.9 Å². The third-order valence-corrected chi connectivity index (χ3v) is 4.65. The van der Waals surface area contributed by atoms with E-state index < -0.39 is 0 Å². The number of hydrogen-bond acceptors (Lipinski definition) is 4. The van der Waals surface area contributed by atoms with Crippen molar-refractivity contribution in [1.82, 2.24) is 14.8 Å². The Morgan fingerprint density at radius 2 is 1.85 bits per heavy atom. The zero-order valence-corrected chi connectivity index (χ0v) is 12.3. The molecule has 0 aliphatic carbocycles. The maximum atomic E-state index is 5.81. The Morgan fingerprint density at radius 3 is 2.55 bits per heavy atom. The van der Waals surface area contributed by atoms with Gasteiger partial charge in [-0.1, -0.05) is 0 Å². The molecule has 0 aromatic carbocycles. The third kappa shape index (κ3) is 3.70. The van der Waals surface area contributed by atoms with Crippen LogP contribution in [0, 0.1) is 5.92 Å². The quantitative estimate of drug-likeness (QED) is 0.912. The summed E-state index contributed by atoms with van der Waals surface area (Å²) in [5.41, 5.74) is 7.73. The minimum absolute atomic E-state index is 0.818. The highest BCUT2D eigenvalue weighted by Gasteiger charge is 2.22. The van der Waals surface area contributed by atoms with Crippen molar-refractivity contribution in [2.45, 2.75) is 32.2 Å². The van der Waals surface area contributed by atoms with Crippen LogP contribution in [-0.4, -0.2) is 47.5 Å². The summed E-state index contributed by atoms with van der Waals surface area (Å²) in [6.07, 6.45) is 7.28. The lowest BCUT2D eigenvalue weighted by Crippen LogP contribution is -2.37. The Bertz CT molecular complexity index is 420. The first kappa shape index (κ1) is 13.8. The predicted octanol–water partition coefficient (Wildman–Crippen LogP) is 1.97. The average Bonchev–Trinajstić information content (AvgIpc) is 2.94. The van der Waals surface area contributed by atoms with Crippen LogP contribution in [0.5, 0.6) is 0 Å². The zero-order valence-electron chi connectivity index (χ0n) is 12.3. The summed E-state index contributed by atoms with van der Waals surface area (Å²) in [5, 5.41) is 0. The normalized spacial score (nSPS) is 22.4. The number of anilines is 1.